The van der Waals surface area contributed by atoms with Crippen LogP contribution in [-0.2, 0) is 0 Å². The Labute approximate surface area is 162 Å². The van der Waals surface area contributed by atoms with Crippen molar-refractivity contribution < 1.29 is 19.2 Å². The van der Waals surface area contributed by atoms with Crippen molar-refractivity contribution in [3.63, 3.8) is 0 Å². The molecule has 1 heterocycles. The van der Waals surface area contributed by atoms with E-state index in [1.807, 2.05) is 0 Å². The van der Waals surface area contributed by atoms with Crippen LogP contribution in [0.4, 0.5) is 16.2 Å². The number of non-ortho nitro benzene ring substituents is 1. The van der Waals surface area contributed by atoms with Crippen LogP contribution in [0.25, 0.3) is 0 Å². The van der Waals surface area contributed by atoms with Crippen molar-refractivity contribution in [1.29, 1.82) is 0 Å². The van der Waals surface area contributed by atoms with E-state index < -0.39 is 4.92 Å². The van der Waals surface area contributed by atoms with Crippen molar-refractivity contribution in [3.8, 4) is 5.75 Å². The van der Waals surface area contributed by atoms with Crippen molar-refractivity contribution in [2.75, 3.05) is 25.5 Å². The van der Waals surface area contributed by atoms with Crippen LogP contribution < -0.4 is 10.1 Å². The number of nitrogens with zero attached hydrogens (tertiary/aromatic N) is 2. The number of carbonyl (C=O) groups excluding carboxylic acids is 2. The van der Waals surface area contributed by atoms with E-state index in [0.29, 0.717) is 42.9 Å². The Balaban J connectivity index is 1.55. The van der Waals surface area contributed by atoms with E-state index in [1.165, 1.54) is 18.2 Å². The number of nitrogens with one attached hydrogen (secondary N) is 1. The highest BCUT2D eigenvalue weighted by atomic mass is 16.6. The molecular weight excluding hydrogens is 362 g/mol. The van der Waals surface area contributed by atoms with Crippen molar-refractivity contribution in [2.45, 2.75) is 12.8 Å². The number of likely N-dealkylation sites (tertiary alicyclic amines) is 1. The van der Waals surface area contributed by atoms with Crippen molar-refractivity contribution in [3.05, 3.63) is 64.2 Å². The van der Waals surface area contributed by atoms with Crippen molar-refractivity contribution in [2.24, 2.45) is 5.92 Å². The number of ether oxygens (including phenoxy) is 1. The van der Waals surface area contributed by atoms with Crippen molar-refractivity contribution >= 4 is 23.2 Å². The minimum Gasteiger partial charge on any atom is -0.497 e. The Kier molecular flexibility index (Phi) is 5.88. The van der Waals surface area contributed by atoms with Crippen LogP contribution in [0, 0.1) is 16.0 Å². The summed E-state index contributed by atoms with van der Waals surface area (Å²) < 4.78 is 5.10. The van der Waals surface area contributed by atoms with E-state index >= 15 is 0 Å². The van der Waals surface area contributed by atoms with Gasteiger partial charge >= 0.3 is 6.03 Å². The van der Waals surface area contributed by atoms with Crippen LogP contribution in [0.3, 0.4) is 0 Å². The Hall–Kier alpha value is -3.42. The maximum absolute atomic E-state index is 12.6. The van der Waals surface area contributed by atoms with E-state index in [0.717, 1.165) is 0 Å². The van der Waals surface area contributed by atoms with Gasteiger partial charge < -0.3 is 15.0 Å². The number of benzene rings is 2. The fourth-order valence-corrected chi connectivity index (χ4v) is 3.24. The Morgan fingerprint density at radius 3 is 2.43 bits per heavy atom. The number of Topliss-reactive ketones (excluding diaryl/α,β-unsaturated/α-hetero) is 1. The minimum atomic E-state index is -0.508. The van der Waals surface area contributed by atoms with Crippen LogP contribution >= 0.6 is 0 Å². The molecule has 2 amide bonds. The Morgan fingerprint density at radius 2 is 1.82 bits per heavy atom. The SMILES string of the molecule is COc1ccc(C(=O)C2CCN(C(=O)Nc3cccc([N+](=O)[O-])c3)CC2)cc1. The first-order valence-electron chi connectivity index (χ1n) is 8.96. The zero-order chi connectivity index (χ0) is 20.1. The summed E-state index contributed by atoms with van der Waals surface area (Å²) in [6.45, 7) is 0.903. The number of nitro benzene ring substituents is 1. The minimum absolute atomic E-state index is 0.0707. The molecule has 1 fully saturated rings. The topological polar surface area (TPSA) is 102 Å². The maximum Gasteiger partial charge on any atom is 0.321 e. The average Bonchev–Trinajstić information content (AvgIpc) is 2.73. The van der Waals surface area contributed by atoms with E-state index in [4.69, 9.17) is 4.74 Å². The molecule has 146 valence electrons. The molecule has 2 aromatic rings. The normalized spacial score (nSPS) is 14.4. The molecule has 8 nitrogen and oxygen atoms in total. The first kappa shape index (κ1) is 19.3. The third-order valence-corrected chi connectivity index (χ3v) is 4.84. The molecule has 0 unspecified atom stereocenters. The Bertz CT molecular complexity index is 874. The fourth-order valence-electron chi connectivity index (χ4n) is 3.24. The highest BCUT2D eigenvalue weighted by molar-refractivity contribution is 5.98. The fraction of sp³-hybridized carbons (Fsp3) is 0.300. The third-order valence-electron chi connectivity index (χ3n) is 4.84. The molecule has 1 N–H and O–H groups in total. The van der Waals surface area contributed by atoms with Gasteiger partial charge in [-0.1, -0.05) is 6.07 Å². The van der Waals surface area contributed by atoms with Gasteiger partial charge in [-0.05, 0) is 43.2 Å². The predicted molar refractivity (Wildman–Crippen MR) is 104 cm³/mol. The van der Waals surface area contributed by atoms with Gasteiger partial charge in [-0.2, -0.15) is 0 Å². The summed E-state index contributed by atoms with van der Waals surface area (Å²) in [6.07, 6.45) is 1.15. The number of anilines is 1. The number of ketones is 1. The zero-order valence-electron chi connectivity index (χ0n) is 15.5. The number of methoxy groups -OCH3 is 1. The van der Waals surface area contributed by atoms with Gasteiger partial charge in [0.15, 0.2) is 5.78 Å². The number of amides is 2. The van der Waals surface area contributed by atoms with Gasteiger partial charge in [0.05, 0.1) is 12.0 Å². The smallest absolute Gasteiger partial charge is 0.321 e. The monoisotopic (exact) mass is 383 g/mol. The van der Waals surface area contributed by atoms with Crippen LogP contribution in [0.5, 0.6) is 5.75 Å². The Morgan fingerprint density at radius 1 is 1.14 bits per heavy atom. The number of rotatable bonds is 5. The highest BCUT2D eigenvalue weighted by Crippen LogP contribution is 2.24. The van der Waals surface area contributed by atoms with Gasteiger partial charge in [-0.15, -0.1) is 0 Å². The molecule has 8 heteroatoms. The molecule has 28 heavy (non-hydrogen) atoms. The number of urea groups is 1. The molecule has 2 aromatic carbocycles. The maximum atomic E-state index is 12.6. The summed E-state index contributed by atoms with van der Waals surface area (Å²) in [5.74, 6) is 0.640. The summed E-state index contributed by atoms with van der Waals surface area (Å²) in [7, 11) is 1.57. The highest BCUT2D eigenvalue weighted by Gasteiger charge is 2.28. The molecule has 0 bridgehead atoms. The van der Waals surface area contributed by atoms with Crippen LogP contribution in [-0.4, -0.2) is 41.8 Å². The number of nitro groups is 1. The second kappa shape index (κ2) is 8.51. The van der Waals surface area contributed by atoms with Crippen molar-refractivity contribution in [1.82, 2.24) is 4.90 Å². The molecular formula is C20H21N3O5. The third kappa shape index (κ3) is 4.46. The number of carbonyl (C=O) groups is 2. The van der Waals surface area contributed by atoms with Gasteiger partial charge in [0.2, 0.25) is 0 Å². The van der Waals surface area contributed by atoms with Gasteiger partial charge in [-0.25, -0.2) is 4.79 Å². The van der Waals surface area contributed by atoms with Crippen LogP contribution in [0.2, 0.25) is 0 Å². The summed E-state index contributed by atoms with van der Waals surface area (Å²) in [4.78, 5) is 37.0. The molecule has 0 atom stereocenters. The lowest BCUT2D eigenvalue weighted by Crippen LogP contribution is -2.42. The molecule has 3 rings (SSSR count). The largest absolute Gasteiger partial charge is 0.497 e. The average molecular weight is 383 g/mol. The van der Waals surface area contributed by atoms with Crippen LogP contribution in [0.15, 0.2) is 48.5 Å². The number of piperidine rings is 1. The molecule has 0 radical (unpaired) electrons. The summed E-state index contributed by atoms with van der Waals surface area (Å²) >= 11 is 0. The van der Waals surface area contributed by atoms with E-state index in [1.54, 1.807) is 42.3 Å². The molecule has 0 saturated carbocycles. The predicted octanol–water partition coefficient (Wildman–Crippen LogP) is 3.73. The lowest BCUT2D eigenvalue weighted by atomic mass is 9.89. The van der Waals surface area contributed by atoms with Gasteiger partial charge in [0, 0.05) is 42.4 Å². The zero-order valence-corrected chi connectivity index (χ0v) is 15.5. The molecule has 1 aliphatic rings. The van der Waals surface area contributed by atoms with Gasteiger partial charge in [0.25, 0.3) is 5.69 Å². The first-order valence-corrected chi connectivity index (χ1v) is 8.96. The standard InChI is InChI=1S/C20H21N3O5/c1-28-18-7-5-14(6-8-18)19(24)15-9-11-22(12-10-15)20(25)21-16-3-2-4-17(13-16)23(26)27/h2-8,13,15H,9-12H2,1H3,(H,21,25). The molecule has 1 saturated heterocycles. The summed E-state index contributed by atoms with van der Waals surface area (Å²) in [6, 6.07) is 12.5. The lowest BCUT2D eigenvalue weighted by molar-refractivity contribution is -0.384. The quantitative estimate of drug-likeness (QED) is 0.481. The first-order chi connectivity index (χ1) is 13.5. The lowest BCUT2D eigenvalue weighted by Gasteiger charge is -2.31. The molecule has 0 spiro atoms. The summed E-state index contributed by atoms with van der Waals surface area (Å²) in [5, 5.41) is 13.5. The molecule has 1 aliphatic heterocycles. The summed E-state index contributed by atoms with van der Waals surface area (Å²) in [5.41, 5.74) is 0.928. The van der Waals surface area contributed by atoms with E-state index in [9.17, 15) is 19.7 Å². The molecule has 0 aliphatic carbocycles. The molecule has 0 aromatic heterocycles. The second-order valence-corrected chi connectivity index (χ2v) is 6.59. The van der Waals surface area contributed by atoms with E-state index in [-0.39, 0.29) is 23.4 Å². The van der Waals surface area contributed by atoms with Gasteiger partial charge in [-0.3, -0.25) is 14.9 Å². The number of hydrogen-bond donors (Lipinski definition) is 1. The number of hydrogen-bond acceptors (Lipinski definition) is 5. The van der Waals surface area contributed by atoms with Gasteiger partial charge in [0.1, 0.15) is 5.75 Å². The van der Waals surface area contributed by atoms with E-state index in [2.05, 4.69) is 5.32 Å². The van der Waals surface area contributed by atoms with Crippen LogP contribution in [0.1, 0.15) is 23.2 Å². The second-order valence-electron chi connectivity index (χ2n) is 6.59.